The van der Waals surface area contributed by atoms with Crippen LogP contribution in [0.2, 0.25) is 0 Å². The highest BCUT2D eigenvalue weighted by molar-refractivity contribution is 5.73. The largest absolute Gasteiger partial charge is 0.341 e. The van der Waals surface area contributed by atoms with Crippen LogP contribution in [0.5, 0.6) is 0 Å². The summed E-state index contributed by atoms with van der Waals surface area (Å²) in [7, 11) is 1.65. The molecule has 2 amide bonds. The highest BCUT2D eigenvalue weighted by Crippen LogP contribution is 2.23. The Hall–Kier alpha value is -0.730. The molecule has 70 valence electrons. The second-order valence-corrected chi connectivity index (χ2v) is 3.69. The summed E-state index contributed by atoms with van der Waals surface area (Å²) in [6.07, 6.45) is 4.83. The SMILES string of the molecule is CNC(=O)NC1CCCC(C)C1. The minimum atomic E-state index is -0.0471. The van der Waals surface area contributed by atoms with Gasteiger partial charge in [0.05, 0.1) is 0 Å². The summed E-state index contributed by atoms with van der Waals surface area (Å²) in [6, 6.07) is 0.350. The molecule has 0 aromatic rings. The van der Waals surface area contributed by atoms with E-state index in [1.165, 1.54) is 12.8 Å². The standard InChI is InChI=1S/C9H18N2O/c1-7-4-3-5-8(6-7)11-9(12)10-2/h7-8H,3-6H2,1-2H3,(H2,10,11,12). The first-order chi connectivity index (χ1) is 5.72. The van der Waals surface area contributed by atoms with Crippen molar-refractivity contribution < 1.29 is 4.79 Å². The molecule has 0 spiro atoms. The number of carbonyl (C=O) groups excluding carboxylic acids is 1. The van der Waals surface area contributed by atoms with Gasteiger partial charge in [-0.15, -0.1) is 0 Å². The Morgan fingerprint density at radius 1 is 1.42 bits per heavy atom. The fourth-order valence-corrected chi connectivity index (χ4v) is 1.82. The first kappa shape index (κ1) is 9.36. The van der Waals surface area contributed by atoms with Crippen molar-refractivity contribution in [1.82, 2.24) is 10.6 Å². The van der Waals surface area contributed by atoms with Gasteiger partial charge in [0.1, 0.15) is 0 Å². The van der Waals surface area contributed by atoms with Gasteiger partial charge in [-0.3, -0.25) is 0 Å². The molecule has 0 aromatic carbocycles. The van der Waals surface area contributed by atoms with E-state index < -0.39 is 0 Å². The van der Waals surface area contributed by atoms with Gasteiger partial charge in [-0.05, 0) is 18.8 Å². The summed E-state index contributed by atoms with van der Waals surface area (Å²) in [4.78, 5) is 11.0. The first-order valence-electron chi connectivity index (χ1n) is 4.70. The average Bonchev–Trinajstić information content (AvgIpc) is 2.04. The van der Waals surface area contributed by atoms with Gasteiger partial charge in [0, 0.05) is 13.1 Å². The molecular weight excluding hydrogens is 152 g/mol. The summed E-state index contributed by atoms with van der Waals surface area (Å²) in [6.45, 7) is 2.25. The molecule has 3 heteroatoms. The summed E-state index contributed by atoms with van der Waals surface area (Å²) in [5.41, 5.74) is 0. The summed E-state index contributed by atoms with van der Waals surface area (Å²) in [5.74, 6) is 0.765. The molecule has 2 unspecified atom stereocenters. The van der Waals surface area contributed by atoms with Crippen LogP contribution in [-0.4, -0.2) is 19.1 Å². The van der Waals surface area contributed by atoms with Crippen LogP contribution in [0.15, 0.2) is 0 Å². The molecule has 1 rings (SSSR count). The number of carbonyl (C=O) groups is 1. The molecule has 1 saturated carbocycles. The molecular formula is C9H18N2O. The third kappa shape index (κ3) is 2.72. The smallest absolute Gasteiger partial charge is 0.314 e. The molecule has 1 aliphatic rings. The van der Waals surface area contributed by atoms with Gasteiger partial charge < -0.3 is 10.6 Å². The van der Waals surface area contributed by atoms with Crippen LogP contribution in [0.1, 0.15) is 32.6 Å². The van der Waals surface area contributed by atoms with Crippen molar-refractivity contribution in [2.45, 2.75) is 38.6 Å². The fourth-order valence-electron chi connectivity index (χ4n) is 1.82. The Balaban J connectivity index is 2.27. The Bertz CT molecular complexity index is 159. The molecule has 12 heavy (non-hydrogen) atoms. The van der Waals surface area contributed by atoms with E-state index in [-0.39, 0.29) is 6.03 Å². The van der Waals surface area contributed by atoms with Gasteiger partial charge in [0.2, 0.25) is 0 Å². The molecule has 0 heterocycles. The second-order valence-electron chi connectivity index (χ2n) is 3.69. The van der Waals surface area contributed by atoms with E-state index >= 15 is 0 Å². The second kappa shape index (κ2) is 4.33. The van der Waals surface area contributed by atoms with Crippen LogP contribution in [0.25, 0.3) is 0 Å². The third-order valence-electron chi connectivity index (χ3n) is 2.50. The van der Waals surface area contributed by atoms with Gasteiger partial charge >= 0.3 is 6.03 Å². The van der Waals surface area contributed by atoms with Crippen molar-refractivity contribution in [2.24, 2.45) is 5.92 Å². The van der Waals surface area contributed by atoms with Gasteiger partial charge in [0.25, 0.3) is 0 Å². The Labute approximate surface area is 73.9 Å². The maximum atomic E-state index is 11.0. The monoisotopic (exact) mass is 170 g/mol. The minimum absolute atomic E-state index is 0.0471. The molecule has 2 N–H and O–H groups in total. The first-order valence-corrected chi connectivity index (χ1v) is 4.70. The molecule has 1 aliphatic carbocycles. The zero-order valence-corrected chi connectivity index (χ0v) is 7.89. The normalized spacial score (nSPS) is 29.5. The molecule has 3 nitrogen and oxygen atoms in total. The van der Waals surface area contributed by atoms with Crippen LogP contribution < -0.4 is 10.6 Å². The van der Waals surface area contributed by atoms with Gasteiger partial charge in [-0.2, -0.15) is 0 Å². The number of hydrogen-bond donors (Lipinski definition) is 2. The zero-order valence-electron chi connectivity index (χ0n) is 7.89. The molecule has 0 aromatic heterocycles. The van der Waals surface area contributed by atoms with Crippen LogP contribution >= 0.6 is 0 Å². The summed E-state index contributed by atoms with van der Waals surface area (Å²) < 4.78 is 0. The third-order valence-corrected chi connectivity index (χ3v) is 2.50. The maximum Gasteiger partial charge on any atom is 0.314 e. The Kier molecular flexibility index (Phi) is 3.38. The molecule has 2 atom stereocenters. The van der Waals surface area contributed by atoms with E-state index in [9.17, 15) is 4.79 Å². The Morgan fingerprint density at radius 2 is 2.17 bits per heavy atom. The number of amides is 2. The molecule has 0 saturated heterocycles. The van der Waals surface area contributed by atoms with Gasteiger partial charge in [-0.1, -0.05) is 19.8 Å². The summed E-state index contributed by atoms with van der Waals surface area (Å²) >= 11 is 0. The van der Waals surface area contributed by atoms with Crippen molar-refractivity contribution >= 4 is 6.03 Å². The van der Waals surface area contributed by atoms with Crippen LogP contribution in [0.3, 0.4) is 0 Å². The molecule has 0 radical (unpaired) electrons. The van der Waals surface area contributed by atoms with E-state index in [0.717, 1.165) is 18.8 Å². The van der Waals surface area contributed by atoms with Crippen LogP contribution in [-0.2, 0) is 0 Å². The van der Waals surface area contributed by atoms with E-state index in [0.29, 0.717) is 6.04 Å². The summed E-state index contributed by atoms with van der Waals surface area (Å²) in [5, 5.41) is 5.53. The van der Waals surface area contributed by atoms with Crippen molar-refractivity contribution in [3.63, 3.8) is 0 Å². The van der Waals surface area contributed by atoms with E-state index in [4.69, 9.17) is 0 Å². The molecule has 1 fully saturated rings. The lowest BCUT2D eigenvalue weighted by Crippen LogP contribution is -2.42. The van der Waals surface area contributed by atoms with Gasteiger partial charge in [-0.25, -0.2) is 4.79 Å². The molecule has 0 aliphatic heterocycles. The lowest BCUT2D eigenvalue weighted by atomic mass is 9.87. The lowest BCUT2D eigenvalue weighted by molar-refractivity contribution is 0.229. The van der Waals surface area contributed by atoms with Crippen molar-refractivity contribution in [1.29, 1.82) is 0 Å². The van der Waals surface area contributed by atoms with E-state index in [1.807, 2.05) is 0 Å². The van der Waals surface area contributed by atoms with E-state index in [1.54, 1.807) is 7.05 Å². The van der Waals surface area contributed by atoms with Crippen LogP contribution in [0, 0.1) is 5.92 Å². The fraction of sp³-hybridized carbons (Fsp3) is 0.889. The number of urea groups is 1. The number of rotatable bonds is 1. The van der Waals surface area contributed by atoms with Crippen molar-refractivity contribution in [2.75, 3.05) is 7.05 Å². The quantitative estimate of drug-likeness (QED) is 0.615. The topological polar surface area (TPSA) is 41.1 Å². The predicted molar refractivity (Wildman–Crippen MR) is 49.0 cm³/mol. The van der Waals surface area contributed by atoms with Crippen molar-refractivity contribution in [3.05, 3.63) is 0 Å². The number of hydrogen-bond acceptors (Lipinski definition) is 1. The average molecular weight is 170 g/mol. The van der Waals surface area contributed by atoms with Crippen molar-refractivity contribution in [3.8, 4) is 0 Å². The Morgan fingerprint density at radius 3 is 2.75 bits per heavy atom. The lowest BCUT2D eigenvalue weighted by Gasteiger charge is -2.27. The maximum absolute atomic E-state index is 11.0. The molecule has 0 bridgehead atoms. The zero-order chi connectivity index (χ0) is 8.97. The number of nitrogens with one attached hydrogen (secondary N) is 2. The minimum Gasteiger partial charge on any atom is -0.341 e. The highest BCUT2D eigenvalue weighted by Gasteiger charge is 2.19. The van der Waals surface area contributed by atoms with Gasteiger partial charge in [0.15, 0.2) is 0 Å². The predicted octanol–water partition coefficient (Wildman–Crippen LogP) is 1.49. The highest BCUT2D eigenvalue weighted by atomic mass is 16.2. The van der Waals surface area contributed by atoms with Crippen LogP contribution in [0.4, 0.5) is 4.79 Å². The van der Waals surface area contributed by atoms with E-state index in [2.05, 4.69) is 17.6 Å².